The number of carbonyl (C=O) groups is 1. The molecule has 2 aromatic rings. The minimum absolute atomic E-state index is 0.0506. The number of aldehydes is 1. The Kier molecular flexibility index (Phi) is 5.06. The first-order chi connectivity index (χ1) is 10.1. The lowest BCUT2D eigenvalue weighted by Gasteiger charge is -2.06. The summed E-state index contributed by atoms with van der Waals surface area (Å²) in [6.45, 7) is -2.93. The van der Waals surface area contributed by atoms with Gasteiger partial charge in [0, 0.05) is 10.6 Å². The van der Waals surface area contributed by atoms with Crippen LogP contribution in [0.1, 0.15) is 21.5 Å². The minimum Gasteiger partial charge on any atom is -0.435 e. The van der Waals surface area contributed by atoms with E-state index in [1.165, 1.54) is 12.1 Å². The Hall–Kier alpha value is -2.20. The summed E-state index contributed by atoms with van der Waals surface area (Å²) in [5.74, 6) is -0.0506. The molecule has 0 bridgehead atoms. The number of rotatable bonds is 5. The van der Waals surface area contributed by atoms with Gasteiger partial charge < -0.3 is 4.74 Å². The third-order valence-electron chi connectivity index (χ3n) is 2.65. The van der Waals surface area contributed by atoms with Gasteiger partial charge in [-0.15, -0.1) is 0 Å². The highest BCUT2D eigenvalue weighted by atomic mass is 35.5. The van der Waals surface area contributed by atoms with Gasteiger partial charge in [0.1, 0.15) is 12.0 Å². The topological polar surface area (TPSA) is 26.3 Å². The summed E-state index contributed by atoms with van der Waals surface area (Å²) in [5, 5.41) is 0.628. The smallest absolute Gasteiger partial charge is 0.387 e. The molecule has 108 valence electrons. The highest BCUT2D eigenvalue weighted by Crippen LogP contribution is 2.20. The average Bonchev–Trinajstić information content (AvgIpc) is 2.45. The number of halogens is 3. The molecule has 0 aliphatic heterocycles. The lowest BCUT2D eigenvalue weighted by Crippen LogP contribution is -2.02. The van der Waals surface area contributed by atoms with Crippen LogP contribution in [-0.2, 0) is 0 Å². The Morgan fingerprint density at radius 2 is 1.57 bits per heavy atom. The van der Waals surface area contributed by atoms with E-state index >= 15 is 0 Å². The molecule has 2 rings (SSSR count). The fraction of sp³-hybridized carbons (Fsp3) is 0.0625. The summed E-state index contributed by atoms with van der Waals surface area (Å²) < 4.78 is 28.8. The molecular weight excluding hydrogens is 298 g/mol. The maximum Gasteiger partial charge on any atom is 0.387 e. The highest BCUT2D eigenvalue weighted by molar-refractivity contribution is 6.30. The van der Waals surface area contributed by atoms with Crippen LogP contribution in [0, 0.1) is 0 Å². The van der Waals surface area contributed by atoms with Gasteiger partial charge in [-0.05, 0) is 41.5 Å². The maximum atomic E-state index is 12.2. The molecule has 0 aromatic heterocycles. The van der Waals surface area contributed by atoms with E-state index in [-0.39, 0.29) is 11.3 Å². The Labute approximate surface area is 125 Å². The van der Waals surface area contributed by atoms with Crippen molar-refractivity contribution in [3.63, 3.8) is 0 Å². The first kappa shape index (κ1) is 15.2. The van der Waals surface area contributed by atoms with Crippen molar-refractivity contribution in [1.82, 2.24) is 0 Å². The molecule has 0 radical (unpaired) electrons. The van der Waals surface area contributed by atoms with Crippen LogP contribution in [0.4, 0.5) is 8.78 Å². The quantitative estimate of drug-likeness (QED) is 0.578. The van der Waals surface area contributed by atoms with Crippen molar-refractivity contribution in [2.24, 2.45) is 0 Å². The van der Waals surface area contributed by atoms with Gasteiger partial charge in [0.25, 0.3) is 0 Å². The summed E-state index contributed by atoms with van der Waals surface area (Å²) >= 11 is 5.79. The van der Waals surface area contributed by atoms with Crippen molar-refractivity contribution in [3.05, 3.63) is 64.2 Å². The van der Waals surface area contributed by atoms with Gasteiger partial charge in [-0.2, -0.15) is 8.78 Å². The third kappa shape index (κ3) is 4.68. The Bertz CT molecular complexity index is 652. The zero-order valence-corrected chi connectivity index (χ0v) is 11.6. The highest BCUT2D eigenvalue weighted by Gasteiger charge is 2.06. The molecule has 0 saturated heterocycles. The van der Waals surface area contributed by atoms with E-state index in [1.807, 2.05) is 12.1 Å². The van der Waals surface area contributed by atoms with Gasteiger partial charge in [-0.1, -0.05) is 35.9 Å². The molecule has 0 saturated carbocycles. The second-order valence-electron chi connectivity index (χ2n) is 4.22. The summed E-state index contributed by atoms with van der Waals surface area (Å²) in [5.41, 5.74) is 1.75. The molecule has 0 atom stereocenters. The van der Waals surface area contributed by atoms with E-state index in [0.29, 0.717) is 16.9 Å². The summed E-state index contributed by atoms with van der Waals surface area (Å²) in [6, 6.07) is 11.4. The van der Waals surface area contributed by atoms with Gasteiger partial charge in [0.05, 0.1) is 0 Å². The Morgan fingerprint density at radius 3 is 2.19 bits per heavy atom. The van der Waals surface area contributed by atoms with Crippen molar-refractivity contribution in [3.8, 4) is 5.75 Å². The van der Waals surface area contributed by atoms with E-state index in [1.54, 1.807) is 30.4 Å². The molecule has 2 aromatic carbocycles. The molecule has 0 fully saturated rings. The Morgan fingerprint density at radius 1 is 0.952 bits per heavy atom. The van der Waals surface area contributed by atoms with Crippen LogP contribution in [0.25, 0.3) is 12.2 Å². The number of ether oxygens (including phenoxy) is 1. The largest absolute Gasteiger partial charge is 0.435 e. The van der Waals surface area contributed by atoms with Crippen LogP contribution in [0.3, 0.4) is 0 Å². The van der Waals surface area contributed by atoms with Gasteiger partial charge >= 0.3 is 6.61 Å². The van der Waals surface area contributed by atoms with E-state index < -0.39 is 6.61 Å². The minimum atomic E-state index is -2.93. The third-order valence-corrected chi connectivity index (χ3v) is 2.90. The molecule has 21 heavy (non-hydrogen) atoms. The average molecular weight is 309 g/mol. The van der Waals surface area contributed by atoms with E-state index in [4.69, 9.17) is 11.6 Å². The van der Waals surface area contributed by atoms with Crippen LogP contribution >= 0.6 is 11.6 Å². The molecule has 0 unspecified atom stereocenters. The lowest BCUT2D eigenvalue weighted by molar-refractivity contribution is -0.0498. The Balaban J connectivity index is 2.25. The molecule has 2 nitrogen and oxygen atoms in total. The number of hydrogen-bond donors (Lipinski definition) is 0. The van der Waals surface area contributed by atoms with Crippen molar-refractivity contribution < 1.29 is 18.3 Å². The molecule has 0 spiro atoms. The van der Waals surface area contributed by atoms with Gasteiger partial charge in [-0.25, -0.2) is 0 Å². The SMILES string of the molecule is O=Cc1cc(/C=C/c2ccc(Cl)cc2)cc(OC(F)F)c1. The number of hydrogen-bond acceptors (Lipinski definition) is 2. The number of carbonyl (C=O) groups excluding carboxylic acids is 1. The van der Waals surface area contributed by atoms with Gasteiger partial charge in [0.15, 0.2) is 0 Å². The molecule has 0 N–H and O–H groups in total. The predicted octanol–water partition coefficient (Wildman–Crippen LogP) is 4.92. The molecular formula is C16H11ClF2O2. The van der Waals surface area contributed by atoms with Crippen LogP contribution in [0.5, 0.6) is 5.75 Å². The maximum absolute atomic E-state index is 12.2. The van der Waals surface area contributed by atoms with Gasteiger partial charge in [-0.3, -0.25) is 4.79 Å². The van der Waals surface area contributed by atoms with Crippen molar-refractivity contribution in [2.75, 3.05) is 0 Å². The zero-order chi connectivity index (χ0) is 15.2. The molecule has 0 aliphatic rings. The van der Waals surface area contributed by atoms with Gasteiger partial charge in [0.2, 0.25) is 0 Å². The predicted molar refractivity (Wildman–Crippen MR) is 78.8 cm³/mol. The second kappa shape index (κ2) is 6.99. The molecule has 0 aliphatic carbocycles. The van der Waals surface area contributed by atoms with Crippen molar-refractivity contribution in [1.29, 1.82) is 0 Å². The molecule has 0 amide bonds. The number of alkyl halides is 2. The zero-order valence-electron chi connectivity index (χ0n) is 10.8. The first-order valence-corrected chi connectivity index (χ1v) is 6.43. The fourth-order valence-corrected chi connectivity index (χ4v) is 1.87. The van der Waals surface area contributed by atoms with E-state index in [2.05, 4.69) is 4.74 Å². The molecule has 5 heteroatoms. The monoisotopic (exact) mass is 308 g/mol. The fourth-order valence-electron chi connectivity index (χ4n) is 1.75. The lowest BCUT2D eigenvalue weighted by atomic mass is 10.1. The van der Waals surface area contributed by atoms with Crippen LogP contribution < -0.4 is 4.74 Å². The standard InChI is InChI=1S/C16H11ClF2O2/c17-14-5-3-11(4-6-14)1-2-12-7-13(10-20)9-15(8-12)21-16(18)19/h1-10,16H/b2-1+. The van der Waals surface area contributed by atoms with Crippen molar-refractivity contribution in [2.45, 2.75) is 6.61 Å². The summed E-state index contributed by atoms with van der Waals surface area (Å²) in [4.78, 5) is 10.8. The molecule has 0 heterocycles. The summed E-state index contributed by atoms with van der Waals surface area (Å²) in [6.07, 6.45) is 4.07. The first-order valence-electron chi connectivity index (χ1n) is 6.05. The van der Waals surface area contributed by atoms with Crippen LogP contribution in [0.15, 0.2) is 42.5 Å². The summed E-state index contributed by atoms with van der Waals surface area (Å²) in [7, 11) is 0. The second-order valence-corrected chi connectivity index (χ2v) is 4.65. The van der Waals surface area contributed by atoms with E-state index in [0.717, 1.165) is 5.56 Å². The van der Waals surface area contributed by atoms with Crippen molar-refractivity contribution >= 4 is 30.0 Å². The van der Waals surface area contributed by atoms with E-state index in [9.17, 15) is 13.6 Å². The van der Waals surface area contributed by atoms with Crippen LogP contribution in [-0.4, -0.2) is 12.9 Å². The van der Waals surface area contributed by atoms with Crippen LogP contribution in [0.2, 0.25) is 5.02 Å². The normalized spacial score (nSPS) is 11.0. The number of benzene rings is 2.